The van der Waals surface area contributed by atoms with Crippen molar-refractivity contribution in [2.45, 2.75) is 31.4 Å². The van der Waals surface area contributed by atoms with Crippen LogP contribution in [0.25, 0.3) is 10.2 Å². The van der Waals surface area contributed by atoms with Crippen LogP contribution in [0.2, 0.25) is 0 Å². The van der Waals surface area contributed by atoms with E-state index in [4.69, 9.17) is 10.5 Å². The molecule has 1 aliphatic heterocycles. The molecule has 2 aliphatic rings. The number of carbonyl (C=O) groups excluding carboxylic acids is 1. The Balaban J connectivity index is 1.71. The van der Waals surface area contributed by atoms with Crippen LogP contribution in [0.1, 0.15) is 28.9 Å². The number of nitrogens with zero attached hydrogens (tertiary/aromatic N) is 3. The highest BCUT2D eigenvalue weighted by Crippen LogP contribution is 2.36. The lowest BCUT2D eigenvalue weighted by molar-refractivity contribution is -0.0443. The molecule has 0 bridgehead atoms. The summed E-state index contributed by atoms with van der Waals surface area (Å²) in [7, 11) is 0. The van der Waals surface area contributed by atoms with E-state index in [9.17, 15) is 4.79 Å². The summed E-state index contributed by atoms with van der Waals surface area (Å²) in [6, 6.07) is 2.00. The monoisotopic (exact) mass is 304 g/mol. The summed E-state index contributed by atoms with van der Waals surface area (Å²) in [4.78, 5) is 16.1. The van der Waals surface area contributed by atoms with Gasteiger partial charge in [0.25, 0.3) is 5.91 Å². The molecule has 21 heavy (non-hydrogen) atoms. The molecule has 7 heteroatoms. The van der Waals surface area contributed by atoms with E-state index in [1.807, 2.05) is 11.0 Å². The third kappa shape index (κ3) is 1.99. The minimum absolute atomic E-state index is 0.00991. The number of carbonyl (C=O) groups is 1. The predicted octanol–water partition coefficient (Wildman–Crippen LogP) is 1.67. The minimum Gasteiger partial charge on any atom is -0.397 e. The van der Waals surface area contributed by atoms with Crippen molar-refractivity contribution in [1.29, 1.82) is 0 Å². The van der Waals surface area contributed by atoms with Crippen molar-refractivity contribution in [3.05, 3.63) is 17.1 Å². The molecule has 2 N–H and O–H groups in total. The molecule has 2 aromatic heterocycles. The quantitative estimate of drug-likeness (QED) is 0.866. The van der Waals surface area contributed by atoms with Crippen molar-refractivity contribution >= 4 is 33.1 Å². The third-order valence-corrected chi connectivity index (χ3v) is 5.45. The Morgan fingerprint density at radius 1 is 1.48 bits per heavy atom. The Morgan fingerprint density at radius 3 is 3.24 bits per heavy atom. The van der Waals surface area contributed by atoms with Crippen LogP contribution in [0, 0.1) is 0 Å². The van der Waals surface area contributed by atoms with E-state index in [1.165, 1.54) is 11.3 Å². The second-order valence-corrected chi connectivity index (χ2v) is 6.50. The molecule has 0 spiro atoms. The Kier molecular flexibility index (Phi) is 3.04. The molecule has 2 unspecified atom stereocenters. The average molecular weight is 304 g/mol. The number of hydrogen-bond acceptors (Lipinski definition) is 6. The number of amides is 1. The predicted molar refractivity (Wildman–Crippen MR) is 80.2 cm³/mol. The van der Waals surface area contributed by atoms with Gasteiger partial charge in [0.05, 0.1) is 30.6 Å². The van der Waals surface area contributed by atoms with Gasteiger partial charge in [0, 0.05) is 11.9 Å². The Labute approximate surface area is 125 Å². The molecule has 3 heterocycles. The van der Waals surface area contributed by atoms with Gasteiger partial charge in [0.1, 0.15) is 9.71 Å². The SMILES string of the molecule is Nc1c(C(=O)N2CCOC3CCCC32)sc2nnccc12. The molecule has 2 fully saturated rings. The maximum absolute atomic E-state index is 12.9. The number of rotatable bonds is 1. The maximum Gasteiger partial charge on any atom is 0.266 e. The van der Waals surface area contributed by atoms with Crippen molar-refractivity contribution in [2.75, 3.05) is 18.9 Å². The Hall–Kier alpha value is -1.73. The molecule has 110 valence electrons. The van der Waals surface area contributed by atoms with Crippen LogP contribution in [0.5, 0.6) is 0 Å². The molecule has 1 aliphatic carbocycles. The van der Waals surface area contributed by atoms with Crippen LogP contribution in [-0.2, 0) is 4.74 Å². The lowest BCUT2D eigenvalue weighted by Gasteiger charge is -2.37. The van der Waals surface area contributed by atoms with Gasteiger partial charge in [-0.3, -0.25) is 4.79 Å². The van der Waals surface area contributed by atoms with Gasteiger partial charge < -0.3 is 15.4 Å². The first kappa shape index (κ1) is 13.0. The van der Waals surface area contributed by atoms with E-state index in [-0.39, 0.29) is 18.1 Å². The van der Waals surface area contributed by atoms with Gasteiger partial charge in [0.2, 0.25) is 0 Å². The molecular weight excluding hydrogens is 288 g/mol. The van der Waals surface area contributed by atoms with Crippen LogP contribution >= 0.6 is 11.3 Å². The summed E-state index contributed by atoms with van der Waals surface area (Å²) in [6.07, 6.45) is 4.97. The van der Waals surface area contributed by atoms with Crippen LogP contribution in [0.3, 0.4) is 0 Å². The van der Waals surface area contributed by atoms with Crippen molar-refractivity contribution in [3.63, 3.8) is 0 Å². The number of morpholine rings is 1. The van der Waals surface area contributed by atoms with Gasteiger partial charge in [-0.05, 0) is 25.3 Å². The zero-order chi connectivity index (χ0) is 14.4. The molecule has 2 atom stereocenters. The van der Waals surface area contributed by atoms with Gasteiger partial charge in [-0.15, -0.1) is 16.4 Å². The van der Waals surface area contributed by atoms with Gasteiger partial charge in [-0.25, -0.2) is 0 Å². The number of anilines is 1. The standard InChI is InChI=1S/C14H16N4O2S/c15-11-8-4-5-16-17-13(8)21-12(11)14(19)18-6-7-20-10-3-1-2-9(10)18/h4-5,9-10H,1-3,6-7,15H2. The van der Waals surface area contributed by atoms with Crippen molar-refractivity contribution in [1.82, 2.24) is 15.1 Å². The topological polar surface area (TPSA) is 81.3 Å². The summed E-state index contributed by atoms with van der Waals surface area (Å²) < 4.78 is 5.76. The minimum atomic E-state index is 0.00991. The third-order valence-electron chi connectivity index (χ3n) is 4.36. The van der Waals surface area contributed by atoms with Crippen molar-refractivity contribution in [3.8, 4) is 0 Å². The number of nitrogen functional groups attached to an aromatic ring is 1. The molecule has 0 aromatic carbocycles. The van der Waals surface area contributed by atoms with Gasteiger partial charge in [-0.2, -0.15) is 5.10 Å². The molecule has 1 saturated carbocycles. The second kappa shape index (κ2) is 4.92. The highest BCUT2D eigenvalue weighted by molar-refractivity contribution is 7.21. The fourth-order valence-electron chi connectivity index (χ4n) is 3.34. The molecular formula is C14H16N4O2S. The van der Waals surface area contributed by atoms with E-state index in [0.717, 1.165) is 29.5 Å². The van der Waals surface area contributed by atoms with Crippen LogP contribution in [0.15, 0.2) is 12.3 Å². The van der Waals surface area contributed by atoms with Gasteiger partial charge in [0.15, 0.2) is 0 Å². The summed E-state index contributed by atoms with van der Waals surface area (Å²) in [5, 5.41) is 8.72. The van der Waals surface area contributed by atoms with Crippen molar-refractivity contribution < 1.29 is 9.53 Å². The van der Waals surface area contributed by atoms with Crippen LogP contribution in [0.4, 0.5) is 5.69 Å². The lowest BCUT2D eigenvalue weighted by Crippen LogP contribution is -2.51. The lowest BCUT2D eigenvalue weighted by atomic mass is 10.1. The number of hydrogen-bond donors (Lipinski definition) is 1. The average Bonchev–Trinajstić information content (AvgIpc) is 3.11. The highest BCUT2D eigenvalue weighted by atomic mass is 32.1. The molecule has 1 saturated heterocycles. The van der Waals surface area contributed by atoms with E-state index < -0.39 is 0 Å². The maximum atomic E-state index is 12.9. The first-order chi connectivity index (χ1) is 10.3. The largest absolute Gasteiger partial charge is 0.397 e. The summed E-state index contributed by atoms with van der Waals surface area (Å²) in [5.74, 6) is 0.00991. The highest BCUT2D eigenvalue weighted by Gasteiger charge is 2.39. The zero-order valence-electron chi connectivity index (χ0n) is 11.5. The molecule has 2 aromatic rings. The Bertz CT molecular complexity index is 701. The van der Waals surface area contributed by atoms with E-state index in [0.29, 0.717) is 23.7 Å². The fourth-order valence-corrected chi connectivity index (χ4v) is 4.33. The van der Waals surface area contributed by atoms with E-state index in [1.54, 1.807) is 6.20 Å². The normalized spacial score (nSPS) is 25.2. The first-order valence-electron chi connectivity index (χ1n) is 7.18. The number of aromatic nitrogens is 2. The number of ether oxygens (including phenoxy) is 1. The summed E-state index contributed by atoms with van der Waals surface area (Å²) in [5.41, 5.74) is 6.67. The van der Waals surface area contributed by atoms with Gasteiger partial charge in [-0.1, -0.05) is 0 Å². The zero-order valence-corrected chi connectivity index (χ0v) is 12.3. The number of nitrogens with two attached hydrogens (primary N) is 1. The van der Waals surface area contributed by atoms with Crippen molar-refractivity contribution in [2.24, 2.45) is 0 Å². The van der Waals surface area contributed by atoms with E-state index in [2.05, 4.69) is 10.2 Å². The smallest absolute Gasteiger partial charge is 0.266 e. The number of thiophene rings is 1. The Morgan fingerprint density at radius 2 is 2.38 bits per heavy atom. The molecule has 6 nitrogen and oxygen atoms in total. The van der Waals surface area contributed by atoms with Crippen LogP contribution < -0.4 is 5.73 Å². The first-order valence-corrected chi connectivity index (χ1v) is 7.99. The summed E-state index contributed by atoms with van der Waals surface area (Å²) >= 11 is 1.33. The molecule has 1 amide bonds. The number of fused-ring (bicyclic) bond motifs is 2. The molecule has 4 rings (SSSR count). The van der Waals surface area contributed by atoms with Crippen LogP contribution in [-0.4, -0.2) is 46.3 Å². The summed E-state index contributed by atoms with van der Waals surface area (Å²) in [6.45, 7) is 1.25. The second-order valence-electron chi connectivity index (χ2n) is 5.50. The fraction of sp³-hybridized carbons (Fsp3) is 0.500. The molecule has 0 radical (unpaired) electrons. The van der Waals surface area contributed by atoms with Gasteiger partial charge >= 0.3 is 0 Å². The van der Waals surface area contributed by atoms with E-state index >= 15 is 0 Å².